The van der Waals surface area contributed by atoms with Crippen LogP contribution in [0.25, 0.3) is 11.1 Å². The van der Waals surface area contributed by atoms with Gasteiger partial charge in [0.05, 0.1) is 38.1 Å². The predicted molar refractivity (Wildman–Crippen MR) is 150 cm³/mol. The second-order valence-electron chi connectivity index (χ2n) is 10.5. The summed E-state index contributed by atoms with van der Waals surface area (Å²) in [6.45, 7) is 0.536. The van der Waals surface area contributed by atoms with Gasteiger partial charge in [0, 0.05) is 23.8 Å². The number of methoxy groups -OCH3 is 1. The molecule has 3 aromatic carbocycles. The minimum absolute atomic E-state index is 0.00614. The van der Waals surface area contributed by atoms with Gasteiger partial charge in [0.1, 0.15) is 33.2 Å². The van der Waals surface area contributed by atoms with Crippen molar-refractivity contribution in [3.8, 4) is 28.4 Å². The highest BCUT2D eigenvalue weighted by Gasteiger charge is 2.38. The maximum absolute atomic E-state index is 14.1. The summed E-state index contributed by atoms with van der Waals surface area (Å²) in [4.78, 5) is 11.7. The lowest BCUT2D eigenvalue weighted by Crippen LogP contribution is -2.10. The van der Waals surface area contributed by atoms with Gasteiger partial charge in [-0.1, -0.05) is 24.3 Å². The fourth-order valence-corrected chi connectivity index (χ4v) is 6.17. The number of carbonyl (C=O) groups is 1. The molecule has 0 bridgehead atoms. The Labute approximate surface area is 242 Å². The molecular formula is C31H31F3O7S. The van der Waals surface area contributed by atoms with Crippen LogP contribution in [0.5, 0.6) is 17.2 Å². The Morgan fingerprint density at radius 2 is 1.74 bits per heavy atom. The van der Waals surface area contributed by atoms with Gasteiger partial charge in [0.25, 0.3) is 0 Å². The zero-order valence-corrected chi connectivity index (χ0v) is 24.0. The molecule has 0 saturated heterocycles. The number of ether oxygens (including phenoxy) is 4. The molecule has 2 unspecified atom stereocenters. The van der Waals surface area contributed by atoms with Gasteiger partial charge in [0.2, 0.25) is 0 Å². The third kappa shape index (κ3) is 6.67. The first kappa shape index (κ1) is 29.8. The number of esters is 1. The van der Waals surface area contributed by atoms with Crippen LogP contribution >= 0.6 is 0 Å². The summed E-state index contributed by atoms with van der Waals surface area (Å²) >= 11 is 0. The van der Waals surface area contributed by atoms with Crippen LogP contribution in [-0.2, 0) is 32.0 Å². The molecular weight excluding hydrogens is 573 g/mol. The van der Waals surface area contributed by atoms with E-state index in [2.05, 4.69) is 0 Å². The summed E-state index contributed by atoms with van der Waals surface area (Å²) in [5.41, 5.74) is 1.99. The highest BCUT2D eigenvalue weighted by atomic mass is 32.2. The number of sulfone groups is 1. The van der Waals surface area contributed by atoms with Crippen molar-refractivity contribution in [1.82, 2.24) is 0 Å². The van der Waals surface area contributed by atoms with Crippen molar-refractivity contribution in [3.05, 3.63) is 76.9 Å². The van der Waals surface area contributed by atoms with Gasteiger partial charge in [-0.25, -0.2) is 8.42 Å². The van der Waals surface area contributed by atoms with Gasteiger partial charge < -0.3 is 18.9 Å². The molecule has 5 rings (SSSR count). The number of halogens is 3. The van der Waals surface area contributed by atoms with E-state index in [1.165, 1.54) is 13.2 Å². The first-order valence-electron chi connectivity index (χ1n) is 13.6. The largest absolute Gasteiger partial charge is 0.494 e. The zero-order valence-electron chi connectivity index (χ0n) is 23.2. The first-order chi connectivity index (χ1) is 19.9. The quantitative estimate of drug-likeness (QED) is 0.199. The van der Waals surface area contributed by atoms with Crippen LogP contribution < -0.4 is 14.2 Å². The summed E-state index contributed by atoms with van der Waals surface area (Å²) in [7, 11) is -1.76. The minimum atomic E-state index is -4.55. The smallest absolute Gasteiger partial charge is 0.417 e. The van der Waals surface area contributed by atoms with E-state index >= 15 is 0 Å². The van der Waals surface area contributed by atoms with Crippen LogP contribution in [0.3, 0.4) is 0 Å². The van der Waals surface area contributed by atoms with Crippen LogP contribution in [0, 0.1) is 0 Å². The Morgan fingerprint density at radius 3 is 2.43 bits per heavy atom. The summed E-state index contributed by atoms with van der Waals surface area (Å²) in [5.74, 6) is 1.16. The van der Waals surface area contributed by atoms with Gasteiger partial charge in [0.15, 0.2) is 0 Å². The molecule has 0 spiro atoms. The van der Waals surface area contributed by atoms with E-state index in [-0.39, 0.29) is 36.2 Å². The molecule has 0 amide bonds. The van der Waals surface area contributed by atoms with E-state index in [1.54, 1.807) is 36.4 Å². The Morgan fingerprint density at radius 1 is 1.02 bits per heavy atom. The zero-order chi connectivity index (χ0) is 30.1. The standard InChI is InChI=1S/C31H31F3O7S/c1-38-29(35)16-20-18-40-28-17-22(8-9-23(20)28)41-27-13-11-25-24(27)10-12-26(31(32,33)34)30(25)19-4-6-21(7-5-19)39-14-3-15-42(2,36)37/h4-10,12,17,20,27H,3,11,13-16,18H2,1-2H3. The minimum Gasteiger partial charge on any atom is -0.494 e. The number of benzene rings is 3. The molecule has 0 saturated carbocycles. The van der Waals surface area contributed by atoms with E-state index in [0.29, 0.717) is 59.8 Å². The summed E-state index contributed by atoms with van der Waals surface area (Å²) < 4.78 is 87.4. The number of alkyl halides is 3. The number of rotatable bonds is 10. The van der Waals surface area contributed by atoms with E-state index in [0.717, 1.165) is 17.9 Å². The van der Waals surface area contributed by atoms with Gasteiger partial charge in [-0.2, -0.15) is 13.2 Å². The van der Waals surface area contributed by atoms with Crippen LogP contribution in [0.2, 0.25) is 0 Å². The molecule has 1 heterocycles. The Hall–Kier alpha value is -3.73. The van der Waals surface area contributed by atoms with Crippen molar-refractivity contribution in [3.63, 3.8) is 0 Å². The second-order valence-corrected chi connectivity index (χ2v) is 12.8. The molecule has 2 aliphatic rings. The molecule has 42 heavy (non-hydrogen) atoms. The number of fused-ring (bicyclic) bond motifs is 2. The van der Waals surface area contributed by atoms with Gasteiger partial charge >= 0.3 is 12.1 Å². The second kappa shape index (κ2) is 11.9. The summed E-state index contributed by atoms with van der Waals surface area (Å²) in [6.07, 6.45) is -2.40. The Balaban J connectivity index is 1.36. The normalized spacial score (nSPS) is 17.7. The summed E-state index contributed by atoms with van der Waals surface area (Å²) in [5, 5.41) is 0. The molecule has 224 valence electrons. The fraction of sp³-hybridized carbons (Fsp3) is 0.387. The maximum Gasteiger partial charge on any atom is 0.417 e. The van der Waals surface area contributed by atoms with Gasteiger partial charge in [-0.05, 0) is 65.8 Å². The molecule has 3 aromatic rings. The molecule has 0 aromatic heterocycles. The van der Waals surface area contributed by atoms with E-state index in [9.17, 15) is 26.4 Å². The molecule has 11 heteroatoms. The molecule has 1 aliphatic heterocycles. The molecule has 7 nitrogen and oxygen atoms in total. The van der Waals surface area contributed by atoms with Gasteiger partial charge in [-0.3, -0.25) is 4.79 Å². The lowest BCUT2D eigenvalue weighted by Gasteiger charge is -2.20. The third-order valence-electron chi connectivity index (χ3n) is 7.51. The van der Waals surface area contributed by atoms with Crippen LogP contribution in [-0.4, -0.2) is 46.7 Å². The first-order valence-corrected chi connectivity index (χ1v) is 15.6. The van der Waals surface area contributed by atoms with Crippen LogP contribution in [0.4, 0.5) is 13.2 Å². The van der Waals surface area contributed by atoms with E-state index < -0.39 is 27.7 Å². The number of carbonyl (C=O) groups excluding carboxylic acids is 1. The number of hydrogen-bond acceptors (Lipinski definition) is 7. The Bertz CT molecular complexity index is 1570. The highest BCUT2D eigenvalue weighted by Crippen LogP contribution is 2.47. The van der Waals surface area contributed by atoms with Crippen molar-refractivity contribution < 1.29 is 45.3 Å². The van der Waals surface area contributed by atoms with E-state index in [4.69, 9.17) is 18.9 Å². The molecule has 2 atom stereocenters. The lowest BCUT2D eigenvalue weighted by atomic mass is 9.91. The van der Waals surface area contributed by atoms with Crippen molar-refractivity contribution in [1.29, 1.82) is 0 Å². The molecule has 0 fully saturated rings. The predicted octanol–water partition coefficient (Wildman–Crippen LogP) is 6.29. The van der Waals surface area contributed by atoms with Crippen LogP contribution in [0.1, 0.15) is 53.5 Å². The monoisotopic (exact) mass is 604 g/mol. The summed E-state index contributed by atoms with van der Waals surface area (Å²) in [6, 6.07) is 14.4. The number of hydrogen-bond donors (Lipinski definition) is 0. The fourth-order valence-electron chi connectivity index (χ4n) is 5.53. The SMILES string of the molecule is COC(=O)CC1COc2cc(OC3CCc4c3ccc(C(F)(F)F)c4-c3ccc(OCCCS(C)(=O)=O)cc3)ccc21. The average Bonchev–Trinajstić information content (AvgIpc) is 3.53. The van der Waals surface area contributed by atoms with Crippen molar-refractivity contribution >= 4 is 15.8 Å². The molecule has 0 N–H and O–H groups in total. The average molecular weight is 605 g/mol. The van der Waals surface area contributed by atoms with E-state index in [1.807, 2.05) is 6.07 Å². The van der Waals surface area contributed by atoms with Crippen molar-refractivity contribution in [2.24, 2.45) is 0 Å². The maximum atomic E-state index is 14.1. The van der Waals surface area contributed by atoms with Crippen LogP contribution in [0.15, 0.2) is 54.6 Å². The topological polar surface area (TPSA) is 88.1 Å². The van der Waals surface area contributed by atoms with Crippen molar-refractivity contribution in [2.75, 3.05) is 32.3 Å². The highest BCUT2D eigenvalue weighted by molar-refractivity contribution is 7.90. The molecule has 0 radical (unpaired) electrons. The Kier molecular flexibility index (Phi) is 8.41. The molecule has 1 aliphatic carbocycles. The lowest BCUT2D eigenvalue weighted by molar-refractivity contribution is -0.141. The van der Waals surface area contributed by atoms with Gasteiger partial charge in [-0.15, -0.1) is 0 Å². The van der Waals surface area contributed by atoms with Crippen molar-refractivity contribution in [2.45, 2.75) is 43.9 Å². The third-order valence-corrected chi connectivity index (χ3v) is 8.54.